The number of aliphatic hydroxyl groups is 1. The normalized spacial score (nSPS) is 21.7. The van der Waals surface area contributed by atoms with Crippen molar-refractivity contribution < 1.29 is 14.4 Å². The third-order valence-electron chi connectivity index (χ3n) is 3.40. The summed E-state index contributed by atoms with van der Waals surface area (Å²) in [5, 5.41) is 19.9. The summed E-state index contributed by atoms with van der Waals surface area (Å²) in [6.45, 7) is 1.56. The zero-order chi connectivity index (χ0) is 13.0. The minimum Gasteiger partial charge on any atom is -0.404 e. The molecule has 6 nitrogen and oxygen atoms in total. The Morgan fingerprint density at radius 1 is 1.44 bits per heavy atom. The molecular weight excluding hydrogens is 236 g/mol. The van der Waals surface area contributed by atoms with E-state index in [9.17, 15) is 15.2 Å². The summed E-state index contributed by atoms with van der Waals surface area (Å²) in [7, 11) is 0. The molecule has 1 N–H and O–H groups in total. The maximum Gasteiger partial charge on any atom is 0.433 e. The second-order valence-corrected chi connectivity index (χ2v) is 4.65. The van der Waals surface area contributed by atoms with Gasteiger partial charge in [0.2, 0.25) is 0 Å². The van der Waals surface area contributed by atoms with Crippen LogP contribution >= 0.6 is 0 Å². The van der Waals surface area contributed by atoms with Crippen LogP contribution in [-0.2, 0) is 6.54 Å². The summed E-state index contributed by atoms with van der Waals surface area (Å²) in [5.74, 6) is 0.363. The van der Waals surface area contributed by atoms with E-state index >= 15 is 0 Å². The molecule has 0 spiro atoms. The fourth-order valence-electron chi connectivity index (χ4n) is 2.40. The molecule has 1 fully saturated rings. The Hall–Kier alpha value is -1.40. The fraction of sp³-hybridized carbons (Fsp3) is 0.667. The third kappa shape index (κ3) is 3.08. The summed E-state index contributed by atoms with van der Waals surface area (Å²) in [5.41, 5.74) is 0. The quantitative estimate of drug-likeness (QED) is 0.656. The van der Waals surface area contributed by atoms with E-state index in [0.717, 1.165) is 25.8 Å². The Balaban J connectivity index is 2.02. The first-order valence-corrected chi connectivity index (χ1v) is 6.28. The van der Waals surface area contributed by atoms with Crippen LogP contribution in [0.2, 0.25) is 0 Å². The highest BCUT2D eigenvalue weighted by atomic mass is 16.6. The molecule has 1 unspecified atom stereocenters. The van der Waals surface area contributed by atoms with Gasteiger partial charge >= 0.3 is 5.88 Å². The summed E-state index contributed by atoms with van der Waals surface area (Å²) in [4.78, 5) is 12.2. The van der Waals surface area contributed by atoms with Gasteiger partial charge in [0.15, 0.2) is 0 Å². The van der Waals surface area contributed by atoms with Crippen molar-refractivity contribution in [3.05, 3.63) is 28.0 Å². The van der Waals surface area contributed by atoms with Crippen molar-refractivity contribution in [1.82, 2.24) is 4.90 Å². The van der Waals surface area contributed by atoms with E-state index in [1.165, 1.54) is 12.5 Å². The van der Waals surface area contributed by atoms with Crippen LogP contribution in [0.4, 0.5) is 5.88 Å². The van der Waals surface area contributed by atoms with Crippen molar-refractivity contribution in [2.45, 2.75) is 38.3 Å². The Morgan fingerprint density at radius 2 is 2.28 bits per heavy atom. The molecule has 0 aromatic carbocycles. The first-order chi connectivity index (χ1) is 8.70. The van der Waals surface area contributed by atoms with Crippen molar-refractivity contribution >= 4 is 5.88 Å². The number of hydrogen-bond donors (Lipinski definition) is 1. The van der Waals surface area contributed by atoms with E-state index in [-0.39, 0.29) is 18.5 Å². The number of rotatable bonds is 4. The van der Waals surface area contributed by atoms with Gasteiger partial charge < -0.3 is 9.52 Å². The Kier molecular flexibility index (Phi) is 4.33. The first-order valence-electron chi connectivity index (χ1n) is 6.28. The molecule has 1 aliphatic heterocycles. The molecule has 0 radical (unpaired) electrons. The highest BCUT2D eigenvalue weighted by molar-refractivity contribution is 5.17. The van der Waals surface area contributed by atoms with Gasteiger partial charge in [-0.3, -0.25) is 15.0 Å². The summed E-state index contributed by atoms with van der Waals surface area (Å²) in [6.07, 6.45) is 4.37. The summed E-state index contributed by atoms with van der Waals surface area (Å²) < 4.78 is 5.16. The average molecular weight is 254 g/mol. The molecule has 0 amide bonds. The van der Waals surface area contributed by atoms with Crippen LogP contribution in [0.1, 0.15) is 31.4 Å². The largest absolute Gasteiger partial charge is 0.433 e. The molecule has 0 bridgehead atoms. The van der Waals surface area contributed by atoms with Crippen LogP contribution in [0.5, 0.6) is 0 Å². The zero-order valence-corrected chi connectivity index (χ0v) is 10.2. The Morgan fingerprint density at radius 3 is 2.94 bits per heavy atom. The molecule has 2 heterocycles. The standard InChI is InChI=1S/C12H18N2O4/c15-9-10-4-2-1-3-7-13(10)8-11-5-6-12(18-11)14(16)17/h5-6,10,15H,1-4,7-9H2. The smallest absolute Gasteiger partial charge is 0.404 e. The van der Waals surface area contributed by atoms with Crippen LogP contribution < -0.4 is 0 Å². The van der Waals surface area contributed by atoms with Gasteiger partial charge in [0.25, 0.3) is 0 Å². The summed E-state index contributed by atoms with van der Waals surface area (Å²) in [6, 6.07) is 3.15. The van der Waals surface area contributed by atoms with Crippen LogP contribution in [0, 0.1) is 10.1 Å². The molecule has 2 rings (SSSR count). The lowest BCUT2D eigenvalue weighted by Gasteiger charge is -2.27. The summed E-state index contributed by atoms with van der Waals surface area (Å²) >= 11 is 0. The maximum absolute atomic E-state index is 10.5. The third-order valence-corrected chi connectivity index (χ3v) is 3.40. The van der Waals surface area contributed by atoms with Gasteiger partial charge in [-0.05, 0) is 25.5 Å². The lowest BCUT2D eigenvalue weighted by Crippen LogP contribution is -2.36. The van der Waals surface area contributed by atoms with E-state index in [2.05, 4.69) is 4.90 Å². The highest BCUT2D eigenvalue weighted by Crippen LogP contribution is 2.22. The Labute approximate surface area is 105 Å². The van der Waals surface area contributed by atoms with E-state index in [4.69, 9.17) is 4.42 Å². The molecule has 1 atom stereocenters. The van der Waals surface area contributed by atoms with E-state index < -0.39 is 4.92 Å². The van der Waals surface area contributed by atoms with Gasteiger partial charge in [-0.2, -0.15) is 0 Å². The van der Waals surface area contributed by atoms with Gasteiger partial charge in [0.05, 0.1) is 19.2 Å². The number of furan rings is 1. The van der Waals surface area contributed by atoms with E-state index in [0.29, 0.717) is 12.3 Å². The minimum absolute atomic E-state index is 0.128. The molecule has 6 heteroatoms. The first kappa shape index (κ1) is 13.0. The molecule has 100 valence electrons. The maximum atomic E-state index is 10.5. The van der Waals surface area contributed by atoms with Crippen molar-refractivity contribution in [3.63, 3.8) is 0 Å². The van der Waals surface area contributed by atoms with Gasteiger partial charge in [0, 0.05) is 6.04 Å². The zero-order valence-electron chi connectivity index (χ0n) is 10.2. The molecule has 1 aromatic rings. The van der Waals surface area contributed by atoms with Crippen molar-refractivity contribution in [2.75, 3.05) is 13.2 Å². The Bertz CT molecular complexity index is 405. The lowest BCUT2D eigenvalue weighted by molar-refractivity contribution is -0.402. The molecule has 0 saturated carbocycles. The molecule has 0 aliphatic carbocycles. The SMILES string of the molecule is O=[N+]([O-])c1ccc(CN2CCCCCC2CO)o1. The number of nitrogens with zero attached hydrogens (tertiary/aromatic N) is 2. The molecule has 1 aliphatic rings. The van der Waals surface area contributed by atoms with Gasteiger partial charge in [0.1, 0.15) is 10.7 Å². The van der Waals surface area contributed by atoms with Crippen LogP contribution in [0.25, 0.3) is 0 Å². The predicted octanol–water partition coefficient (Wildman–Crippen LogP) is 1.92. The monoisotopic (exact) mass is 254 g/mol. The molecule has 1 saturated heterocycles. The molecule has 1 aromatic heterocycles. The minimum atomic E-state index is -0.532. The van der Waals surface area contributed by atoms with Crippen LogP contribution in [0.15, 0.2) is 16.5 Å². The van der Waals surface area contributed by atoms with Gasteiger partial charge in [-0.1, -0.05) is 12.8 Å². The number of aliphatic hydroxyl groups excluding tert-OH is 1. The van der Waals surface area contributed by atoms with Crippen molar-refractivity contribution in [1.29, 1.82) is 0 Å². The average Bonchev–Trinajstić information content (AvgIpc) is 2.70. The predicted molar refractivity (Wildman–Crippen MR) is 65.1 cm³/mol. The van der Waals surface area contributed by atoms with E-state index in [1.54, 1.807) is 6.07 Å². The van der Waals surface area contributed by atoms with Gasteiger partial charge in [-0.25, -0.2) is 0 Å². The molecular formula is C12H18N2O4. The number of nitro groups is 1. The lowest BCUT2D eigenvalue weighted by atomic mass is 10.1. The van der Waals surface area contributed by atoms with Crippen molar-refractivity contribution in [3.8, 4) is 0 Å². The van der Waals surface area contributed by atoms with Crippen LogP contribution in [0.3, 0.4) is 0 Å². The highest BCUT2D eigenvalue weighted by Gasteiger charge is 2.22. The van der Waals surface area contributed by atoms with Crippen molar-refractivity contribution in [2.24, 2.45) is 0 Å². The second-order valence-electron chi connectivity index (χ2n) is 4.65. The topological polar surface area (TPSA) is 79.8 Å². The van der Waals surface area contributed by atoms with Gasteiger partial charge in [-0.15, -0.1) is 0 Å². The fourth-order valence-corrected chi connectivity index (χ4v) is 2.40. The number of likely N-dealkylation sites (tertiary alicyclic amines) is 1. The molecule has 18 heavy (non-hydrogen) atoms. The second kappa shape index (κ2) is 5.97. The van der Waals surface area contributed by atoms with E-state index in [1.807, 2.05) is 0 Å². The van der Waals surface area contributed by atoms with Crippen LogP contribution in [-0.4, -0.2) is 34.1 Å². The number of hydrogen-bond acceptors (Lipinski definition) is 5.